The van der Waals surface area contributed by atoms with Crippen molar-refractivity contribution in [2.24, 2.45) is 0 Å². The van der Waals surface area contributed by atoms with Crippen LogP contribution in [0.25, 0.3) is 0 Å². The summed E-state index contributed by atoms with van der Waals surface area (Å²) in [6.45, 7) is 1.22. The zero-order valence-corrected chi connectivity index (χ0v) is 12.9. The minimum atomic E-state index is -3.39. The van der Waals surface area contributed by atoms with Crippen LogP contribution in [0.1, 0.15) is 6.42 Å². The number of nitrogens with one attached hydrogen (secondary N) is 1. The predicted octanol–water partition coefficient (Wildman–Crippen LogP) is 2.49. The quantitative estimate of drug-likeness (QED) is 0.800. The van der Waals surface area contributed by atoms with E-state index in [1.807, 2.05) is 37.4 Å². The number of hydrogen-bond acceptors (Lipinski definition) is 3. The minimum absolute atomic E-state index is 0.307. The average molecular weight is 304 g/mol. The van der Waals surface area contributed by atoms with E-state index in [1.165, 1.54) is 0 Å². The molecule has 0 spiro atoms. The molecule has 0 unspecified atom stereocenters. The second kappa shape index (κ2) is 7.24. The second-order valence-corrected chi connectivity index (χ2v) is 6.59. The van der Waals surface area contributed by atoms with Crippen LogP contribution in [0.15, 0.2) is 65.6 Å². The Bertz CT molecular complexity index is 642. The van der Waals surface area contributed by atoms with Crippen molar-refractivity contribution in [2.45, 2.75) is 11.3 Å². The van der Waals surface area contributed by atoms with Crippen LogP contribution in [0.4, 0.5) is 5.69 Å². The lowest BCUT2D eigenvalue weighted by atomic mass is 10.3. The third-order valence-corrected chi connectivity index (χ3v) is 4.69. The number of anilines is 1. The Balaban J connectivity index is 1.80. The summed E-state index contributed by atoms with van der Waals surface area (Å²) in [4.78, 5) is 2.41. The van der Waals surface area contributed by atoms with Gasteiger partial charge >= 0.3 is 0 Å². The molecule has 0 aliphatic carbocycles. The number of nitrogens with zero attached hydrogens (tertiary/aromatic N) is 1. The van der Waals surface area contributed by atoms with Crippen LogP contribution in [-0.2, 0) is 10.0 Å². The summed E-state index contributed by atoms with van der Waals surface area (Å²) >= 11 is 0. The summed E-state index contributed by atoms with van der Waals surface area (Å²) in [7, 11) is -1.39. The fraction of sp³-hybridized carbons (Fsp3) is 0.250. The summed E-state index contributed by atoms with van der Waals surface area (Å²) in [5.41, 5.74) is 1.13. The molecule has 0 atom stereocenters. The lowest BCUT2D eigenvalue weighted by molar-refractivity contribution is 0.579. The Kier molecular flexibility index (Phi) is 5.36. The number of hydrogen-bond donors (Lipinski definition) is 1. The number of sulfonamides is 1. The largest absolute Gasteiger partial charge is 0.375 e. The van der Waals surface area contributed by atoms with Gasteiger partial charge in [-0.3, -0.25) is 0 Å². The number of para-hydroxylation sites is 1. The smallest absolute Gasteiger partial charge is 0.240 e. The van der Waals surface area contributed by atoms with Gasteiger partial charge in [0.1, 0.15) is 0 Å². The average Bonchev–Trinajstić information content (AvgIpc) is 2.53. The van der Waals surface area contributed by atoms with Crippen molar-refractivity contribution in [3.63, 3.8) is 0 Å². The maximum absolute atomic E-state index is 12.0. The van der Waals surface area contributed by atoms with Gasteiger partial charge in [0.25, 0.3) is 0 Å². The van der Waals surface area contributed by atoms with E-state index < -0.39 is 10.0 Å². The van der Waals surface area contributed by atoms with Gasteiger partial charge in [-0.15, -0.1) is 0 Å². The molecule has 5 heteroatoms. The molecule has 1 N–H and O–H groups in total. The van der Waals surface area contributed by atoms with E-state index in [9.17, 15) is 8.42 Å². The van der Waals surface area contributed by atoms with Crippen LogP contribution in [0.5, 0.6) is 0 Å². The molecule has 0 aliphatic heterocycles. The molecule has 0 saturated heterocycles. The van der Waals surface area contributed by atoms with Crippen molar-refractivity contribution < 1.29 is 8.42 Å². The van der Waals surface area contributed by atoms with Crippen LogP contribution >= 0.6 is 0 Å². The Morgan fingerprint density at radius 2 is 1.52 bits per heavy atom. The Labute approximate surface area is 126 Å². The fourth-order valence-corrected chi connectivity index (χ4v) is 3.11. The summed E-state index contributed by atoms with van der Waals surface area (Å²) in [6.07, 6.45) is 0.747. The van der Waals surface area contributed by atoms with Crippen molar-refractivity contribution >= 4 is 15.7 Å². The first-order valence-corrected chi connectivity index (χ1v) is 8.39. The highest BCUT2D eigenvalue weighted by Crippen LogP contribution is 2.11. The third-order valence-electron chi connectivity index (χ3n) is 3.21. The second-order valence-electron chi connectivity index (χ2n) is 4.82. The maximum atomic E-state index is 12.0. The van der Waals surface area contributed by atoms with Crippen LogP contribution in [0.2, 0.25) is 0 Å². The van der Waals surface area contributed by atoms with Gasteiger partial charge < -0.3 is 4.90 Å². The Morgan fingerprint density at radius 1 is 0.952 bits per heavy atom. The standard InChI is InChI=1S/C16H20N2O2S/c1-18(15-9-4-2-5-10-15)14-8-13-17-21(19,20)16-11-6-3-7-12-16/h2-7,9-12,17H,8,13-14H2,1H3. The van der Waals surface area contributed by atoms with Crippen LogP contribution in [0, 0.1) is 0 Å². The number of rotatable bonds is 7. The SMILES string of the molecule is CN(CCCNS(=O)(=O)c1ccccc1)c1ccccc1. The van der Waals surface area contributed by atoms with Crippen molar-refractivity contribution in [3.05, 3.63) is 60.7 Å². The van der Waals surface area contributed by atoms with Gasteiger partial charge in [-0.1, -0.05) is 36.4 Å². The summed E-state index contributed by atoms with van der Waals surface area (Å²) in [6, 6.07) is 18.5. The molecule has 112 valence electrons. The highest BCUT2D eigenvalue weighted by molar-refractivity contribution is 7.89. The molecule has 0 fully saturated rings. The highest BCUT2D eigenvalue weighted by atomic mass is 32.2. The van der Waals surface area contributed by atoms with Crippen molar-refractivity contribution in [3.8, 4) is 0 Å². The van der Waals surface area contributed by atoms with Crippen LogP contribution in [0.3, 0.4) is 0 Å². The van der Waals surface area contributed by atoms with E-state index in [1.54, 1.807) is 30.3 Å². The van der Waals surface area contributed by atoms with Crippen molar-refractivity contribution in [2.75, 3.05) is 25.0 Å². The summed E-state index contributed by atoms with van der Waals surface area (Å²) in [5, 5.41) is 0. The van der Waals surface area contributed by atoms with E-state index in [0.29, 0.717) is 11.4 Å². The first-order valence-electron chi connectivity index (χ1n) is 6.90. The fourth-order valence-electron chi connectivity index (χ4n) is 2.02. The normalized spacial score (nSPS) is 11.3. The molecular formula is C16H20N2O2S. The van der Waals surface area contributed by atoms with Crippen LogP contribution in [-0.4, -0.2) is 28.6 Å². The molecule has 4 nitrogen and oxygen atoms in total. The van der Waals surface area contributed by atoms with Crippen molar-refractivity contribution in [1.29, 1.82) is 0 Å². The molecule has 2 aromatic carbocycles. The monoisotopic (exact) mass is 304 g/mol. The molecule has 0 amide bonds. The van der Waals surface area contributed by atoms with E-state index in [2.05, 4.69) is 9.62 Å². The Hall–Kier alpha value is -1.85. The zero-order chi connectivity index (χ0) is 15.1. The van der Waals surface area contributed by atoms with Crippen molar-refractivity contribution in [1.82, 2.24) is 4.72 Å². The van der Waals surface area contributed by atoms with E-state index in [-0.39, 0.29) is 0 Å². The molecule has 0 radical (unpaired) electrons. The van der Waals surface area contributed by atoms with Crippen LogP contribution < -0.4 is 9.62 Å². The van der Waals surface area contributed by atoms with Gasteiger partial charge in [-0.05, 0) is 30.7 Å². The number of benzene rings is 2. The highest BCUT2D eigenvalue weighted by Gasteiger charge is 2.12. The minimum Gasteiger partial charge on any atom is -0.375 e. The third kappa shape index (κ3) is 4.58. The molecular weight excluding hydrogens is 284 g/mol. The topological polar surface area (TPSA) is 49.4 Å². The molecule has 0 saturated carbocycles. The predicted molar refractivity (Wildman–Crippen MR) is 86.0 cm³/mol. The molecule has 0 aliphatic rings. The first-order chi connectivity index (χ1) is 10.1. The molecule has 0 heterocycles. The van der Waals surface area contributed by atoms with E-state index in [0.717, 1.165) is 18.7 Å². The van der Waals surface area contributed by atoms with Gasteiger partial charge in [0.05, 0.1) is 4.90 Å². The first kappa shape index (κ1) is 15.5. The van der Waals surface area contributed by atoms with E-state index >= 15 is 0 Å². The molecule has 21 heavy (non-hydrogen) atoms. The van der Waals surface area contributed by atoms with Gasteiger partial charge in [0.2, 0.25) is 10.0 Å². The molecule has 2 rings (SSSR count). The summed E-state index contributed by atoms with van der Waals surface area (Å²) in [5.74, 6) is 0. The van der Waals surface area contributed by atoms with E-state index in [4.69, 9.17) is 0 Å². The van der Waals surface area contributed by atoms with Gasteiger partial charge in [0.15, 0.2) is 0 Å². The van der Waals surface area contributed by atoms with Gasteiger partial charge in [0, 0.05) is 25.8 Å². The zero-order valence-electron chi connectivity index (χ0n) is 12.1. The van der Waals surface area contributed by atoms with Gasteiger partial charge in [-0.25, -0.2) is 13.1 Å². The lowest BCUT2D eigenvalue weighted by Gasteiger charge is -2.19. The lowest BCUT2D eigenvalue weighted by Crippen LogP contribution is -2.28. The maximum Gasteiger partial charge on any atom is 0.240 e. The Morgan fingerprint density at radius 3 is 2.14 bits per heavy atom. The molecule has 0 bridgehead atoms. The van der Waals surface area contributed by atoms with Gasteiger partial charge in [-0.2, -0.15) is 0 Å². The molecule has 2 aromatic rings. The summed E-state index contributed by atoms with van der Waals surface area (Å²) < 4.78 is 26.7. The molecule has 0 aromatic heterocycles.